The zero-order chi connectivity index (χ0) is 38.1. The van der Waals surface area contributed by atoms with Crippen molar-refractivity contribution in [1.82, 2.24) is 24.3 Å². The van der Waals surface area contributed by atoms with Gasteiger partial charge in [-0.25, -0.2) is 23.8 Å². The first-order chi connectivity index (χ1) is 23.0. The number of hydrogen-bond acceptors (Lipinski definition) is 7. The Kier molecular flexibility index (Phi) is 13.9. The van der Waals surface area contributed by atoms with Gasteiger partial charge in [-0.1, -0.05) is 18.2 Å². The van der Waals surface area contributed by atoms with Crippen LogP contribution >= 0.6 is 0 Å². The molecule has 0 radical (unpaired) electrons. The Balaban J connectivity index is 0.000000338. The van der Waals surface area contributed by atoms with Crippen molar-refractivity contribution in [3.8, 4) is 11.3 Å². The van der Waals surface area contributed by atoms with Crippen LogP contribution in [0.3, 0.4) is 0 Å². The van der Waals surface area contributed by atoms with Gasteiger partial charge in [-0.05, 0) is 43.7 Å². The van der Waals surface area contributed by atoms with Gasteiger partial charge in [0, 0.05) is 50.7 Å². The van der Waals surface area contributed by atoms with Gasteiger partial charge in [0.05, 0.1) is 17.4 Å². The Hall–Kier alpha value is -4.79. The van der Waals surface area contributed by atoms with E-state index < -0.39 is 36.4 Å². The summed E-state index contributed by atoms with van der Waals surface area (Å²) < 4.78 is 111. The van der Waals surface area contributed by atoms with Crippen molar-refractivity contribution >= 4 is 17.9 Å². The van der Waals surface area contributed by atoms with Crippen molar-refractivity contribution in [3.63, 3.8) is 0 Å². The molecule has 3 aromatic rings. The molecule has 2 aliphatic rings. The minimum atomic E-state index is -5.08. The van der Waals surface area contributed by atoms with Gasteiger partial charge in [-0.15, -0.1) is 0 Å². The summed E-state index contributed by atoms with van der Waals surface area (Å²) in [6.45, 7) is 4.87. The van der Waals surface area contributed by atoms with Crippen LogP contribution in [0.15, 0.2) is 55.0 Å². The number of nitrogens with zero attached hydrogens (tertiary/aromatic N) is 5. The molecule has 0 amide bonds. The normalized spacial score (nSPS) is 16.0. The highest BCUT2D eigenvalue weighted by molar-refractivity contribution is 5.73. The molecule has 1 fully saturated rings. The molecule has 0 bridgehead atoms. The number of alkyl halides is 9. The number of aliphatic carboxylic acids is 3. The number of fused-ring (bicyclic) bond motifs is 2. The van der Waals surface area contributed by atoms with E-state index in [9.17, 15) is 43.9 Å². The summed E-state index contributed by atoms with van der Waals surface area (Å²) in [6.07, 6.45) is -7.46. The maximum absolute atomic E-state index is 13.8. The van der Waals surface area contributed by atoms with Crippen LogP contribution in [0.4, 0.5) is 43.9 Å². The van der Waals surface area contributed by atoms with Crippen LogP contribution in [-0.2, 0) is 33.0 Å². The van der Waals surface area contributed by atoms with E-state index in [0.717, 1.165) is 62.6 Å². The molecule has 1 spiro atoms. The Bertz CT molecular complexity index is 1530. The number of benzene rings is 1. The summed E-state index contributed by atoms with van der Waals surface area (Å²) in [7, 11) is 2.22. The van der Waals surface area contributed by atoms with Gasteiger partial charge in [0.25, 0.3) is 0 Å². The molecule has 2 aromatic heterocycles. The fraction of sp³-hybridized carbons (Fsp3) is 0.414. The van der Waals surface area contributed by atoms with Crippen molar-refractivity contribution in [2.75, 3.05) is 26.7 Å². The van der Waals surface area contributed by atoms with E-state index in [1.807, 2.05) is 30.7 Å². The van der Waals surface area contributed by atoms with Crippen LogP contribution in [0, 0.1) is 5.82 Å². The van der Waals surface area contributed by atoms with E-state index in [2.05, 4.69) is 32.5 Å². The molecule has 11 nitrogen and oxygen atoms in total. The van der Waals surface area contributed by atoms with E-state index in [1.54, 1.807) is 12.1 Å². The zero-order valence-corrected chi connectivity index (χ0v) is 25.7. The average molecular weight is 734 g/mol. The molecule has 0 aliphatic carbocycles. The minimum Gasteiger partial charge on any atom is -0.475 e. The fourth-order valence-electron chi connectivity index (χ4n) is 4.92. The molecule has 2 aliphatic heterocycles. The maximum Gasteiger partial charge on any atom is 0.490 e. The summed E-state index contributed by atoms with van der Waals surface area (Å²) >= 11 is 0. The topological polar surface area (TPSA) is 149 Å². The number of imidazole rings is 1. The predicted octanol–water partition coefficient (Wildman–Crippen LogP) is 5.42. The van der Waals surface area contributed by atoms with E-state index in [1.165, 1.54) is 11.6 Å². The molecule has 276 valence electrons. The molecule has 1 saturated heterocycles. The van der Waals surface area contributed by atoms with Gasteiger partial charge < -0.3 is 19.9 Å². The van der Waals surface area contributed by atoms with Crippen LogP contribution in [0.1, 0.15) is 24.2 Å². The summed E-state index contributed by atoms with van der Waals surface area (Å²) in [5.74, 6) is -7.34. The molecule has 0 atom stereocenters. The number of hydrogen-bond donors (Lipinski definition) is 3. The van der Waals surface area contributed by atoms with E-state index in [4.69, 9.17) is 34.7 Å². The molecule has 50 heavy (non-hydrogen) atoms. The highest BCUT2D eigenvalue weighted by Gasteiger charge is 2.46. The molecule has 5 rings (SSSR count). The van der Waals surface area contributed by atoms with Crippen molar-refractivity contribution in [2.45, 2.75) is 50.0 Å². The molecule has 21 heteroatoms. The van der Waals surface area contributed by atoms with Gasteiger partial charge in [-0.3, -0.25) is 14.8 Å². The van der Waals surface area contributed by atoms with Gasteiger partial charge in [0.2, 0.25) is 0 Å². The number of likely N-dealkylation sites (tertiary alicyclic amines) is 1. The molecule has 3 N–H and O–H groups in total. The number of carboxylic acid groups (broad SMARTS) is 3. The van der Waals surface area contributed by atoms with Crippen LogP contribution in [-0.4, -0.2) is 103 Å². The lowest BCUT2D eigenvalue weighted by Gasteiger charge is -2.49. The van der Waals surface area contributed by atoms with Gasteiger partial charge in [0.1, 0.15) is 11.6 Å². The van der Waals surface area contributed by atoms with Crippen LogP contribution < -0.4 is 0 Å². The van der Waals surface area contributed by atoms with Crippen molar-refractivity contribution in [3.05, 3.63) is 72.2 Å². The smallest absolute Gasteiger partial charge is 0.475 e. The lowest BCUT2D eigenvalue weighted by molar-refractivity contribution is -0.193. The van der Waals surface area contributed by atoms with Gasteiger partial charge in [-0.2, -0.15) is 39.5 Å². The molecule has 0 saturated carbocycles. The number of likely N-dealkylation sites (N-methyl/N-ethyl adjacent to an activating group) is 1. The summed E-state index contributed by atoms with van der Waals surface area (Å²) in [4.78, 5) is 40.8. The number of piperidine rings is 1. The van der Waals surface area contributed by atoms with E-state index >= 15 is 0 Å². The summed E-state index contributed by atoms with van der Waals surface area (Å²) in [5, 5.41) is 21.4. The third-order valence-corrected chi connectivity index (χ3v) is 7.32. The number of rotatable bonds is 3. The van der Waals surface area contributed by atoms with E-state index in [-0.39, 0.29) is 11.4 Å². The first kappa shape index (κ1) is 41.4. The Labute approximate surface area is 276 Å². The molecular weight excluding hydrogens is 704 g/mol. The van der Waals surface area contributed by atoms with Crippen LogP contribution in [0.5, 0.6) is 0 Å². The molecule has 4 heterocycles. The lowest BCUT2D eigenvalue weighted by Crippen LogP contribution is -2.56. The highest BCUT2D eigenvalue weighted by Crippen LogP contribution is 2.41. The first-order valence-corrected chi connectivity index (χ1v) is 14.0. The monoisotopic (exact) mass is 733 g/mol. The third-order valence-electron chi connectivity index (χ3n) is 7.32. The number of pyridine rings is 1. The van der Waals surface area contributed by atoms with E-state index in [0.29, 0.717) is 0 Å². The third kappa shape index (κ3) is 11.7. The number of aromatic nitrogens is 3. The van der Waals surface area contributed by atoms with Crippen LogP contribution in [0.25, 0.3) is 11.3 Å². The number of carboxylic acids is 3. The van der Waals surface area contributed by atoms with Crippen molar-refractivity contribution in [2.24, 2.45) is 0 Å². The predicted molar refractivity (Wildman–Crippen MR) is 152 cm³/mol. The lowest BCUT2D eigenvalue weighted by atomic mass is 9.83. The minimum absolute atomic E-state index is 0.0464. The fourth-order valence-corrected chi connectivity index (χ4v) is 4.92. The average Bonchev–Trinajstić information content (AvgIpc) is 3.45. The molecule has 1 aromatic carbocycles. The maximum atomic E-state index is 13.8. The second-order valence-corrected chi connectivity index (χ2v) is 10.6. The SMILES string of the molecule is CN1CCn2c(-c3cccc(F)c3)cnc2C12CCN(Cc1cccnc1)CC2.O=C(O)C(F)(F)F.O=C(O)C(F)(F)F.O=C(O)C(F)(F)F. The standard InChI is InChI=1S/C23H26FN5.3C2HF3O2/c1-27-12-13-29-21(19-5-2-6-20(24)14-19)16-26-22(29)23(27)7-10-28(11-8-23)17-18-4-3-9-25-15-18;3*3-2(4,5)1(6)7/h2-6,9,14-16H,7-8,10-13,17H2,1H3;3*(H,6,7). The molecule has 0 unspecified atom stereocenters. The Morgan fingerprint density at radius 3 is 1.74 bits per heavy atom. The van der Waals surface area contributed by atoms with Crippen LogP contribution in [0.2, 0.25) is 0 Å². The van der Waals surface area contributed by atoms with Gasteiger partial charge >= 0.3 is 36.4 Å². The Morgan fingerprint density at radius 1 is 0.780 bits per heavy atom. The Morgan fingerprint density at radius 2 is 1.30 bits per heavy atom. The second kappa shape index (κ2) is 16.7. The molecular formula is C29H29F10N5O6. The number of halogens is 10. The summed E-state index contributed by atoms with van der Waals surface area (Å²) in [6, 6.07) is 11.0. The van der Waals surface area contributed by atoms with Crippen molar-refractivity contribution < 1.29 is 73.6 Å². The second-order valence-electron chi connectivity index (χ2n) is 10.6. The van der Waals surface area contributed by atoms with Crippen molar-refractivity contribution in [1.29, 1.82) is 0 Å². The highest BCUT2D eigenvalue weighted by atomic mass is 19.4. The van der Waals surface area contributed by atoms with Gasteiger partial charge in [0.15, 0.2) is 0 Å². The quantitative estimate of drug-likeness (QED) is 0.298. The summed E-state index contributed by atoms with van der Waals surface area (Å²) in [5.41, 5.74) is 3.13. The number of carbonyl (C=O) groups is 3. The first-order valence-electron chi connectivity index (χ1n) is 14.0. The zero-order valence-electron chi connectivity index (χ0n) is 25.7. The largest absolute Gasteiger partial charge is 0.490 e.